The molecule has 0 bridgehead atoms. The Balaban J connectivity index is 2.20. The van der Waals surface area contributed by atoms with Crippen molar-refractivity contribution in [1.29, 1.82) is 0 Å². The summed E-state index contributed by atoms with van der Waals surface area (Å²) >= 11 is 3.17. The molecule has 124 valence electrons. The van der Waals surface area contributed by atoms with Gasteiger partial charge in [0.15, 0.2) is 5.75 Å². The first-order valence-electron chi connectivity index (χ1n) is 7.09. The lowest BCUT2D eigenvalue weighted by molar-refractivity contribution is 0.486. The molecule has 0 amide bonds. The third kappa shape index (κ3) is 2.85. The number of para-hydroxylation sites is 1. The molecule has 0 saturated carbocycles. The molecule has 24 heavy (non-hydrogen) atoms. The zero-order valence-electron chi connectivity index (χ0n) is 13.0. The van der Waals surface area contributed by atoms with Crippen molar-refractivity contribution in [3.63, 3.8) is 0 Å². The molecule has 0 aliphatic rings. The van der Waals surface area contributed by atoms with Crippen molar-refractivity contribution in [2.24, 2.45) is 7.05 Å². The maximum atomic E-state index is 12.6. The van der Waals surface area contributed by atoms with Crippen molar-refractivity contribution in [3.8, 4) is 5.75 Å². The van der Waals surface area contributed by atoms with Crippen LogP contribution in [0.1, 0.15) is 5.56 Å². The maximum absolute atomic E-state index is 12.6. The number of nitrogens with zero attached hydrogens (tertiary/aromatic N) is 1. The van der Waals surface area contributed by atoms with Gasteiger partial charge in [0.25, 0.3) is 5.56 Å². The SMILES string of the molecule is Cc1ccc(S(=O)(=O)Oc2c(Br)c(=O)n(C)c3ccccc23)cc1. The van der Waals surface area contributed by atoms with E-state index < -0.39 is 10.1 Å². The van der Waals surface area contributed by atoms with Crippen LogP contribution in [-0.4, -0.2) is 13.0 Å². The van der Waals surface area contributed by atoms with Crippen LogP contribution in [0.5, 0.6) is 5.75 Å². The van der Waals surface area contributed by atoms with Gasteiger partial charge in [0.1, 0.15) is 9.37 Å². The summed E-state index contributed by atoms with van der Waals surface area (Å²) in [7, 11) is -2.43. The van der Waals surface area contributed by atoms with E-state index in [9.17, 15) is 13.2 Å². The van der Waals surface area contributed by atoms with Gasteiger partial charge in [0.2, 0.25) is 0 Å². The maximum Gasteiger partial charge on any atom is 0.339 e. The summed E-state index contributed by atoms with van der Waals surface area (Å²) in [4.78, 5) is 12.3. The number of hydrogen-bond acceptors (Lipinski definition) is 4. The number of fused-ring (bicyclic) bond motifs is 1. The molecule has 0 aliphatic heterocycles. The van der Waals surface area contributed by atoms with Crippen LogP contribution < -0.4 is 9.74 Å². The molecule has 0 unspecified atom stereocenters. The molecule has 5 nitrogen and oxygen atoms in total. The average molecular weight is 408 g/mol. The van der Waals surface area contributed by atoms with E-state index in [1.807, 2.05) is 6.92 Å². The molecule has 3 aromatic rings. The highest BCUT2D eigenvalue weighted by molar-refractivity contribution is 9.10. The Labute approximate surface area is 147 Å². The zero-order chi connectivity index (χ0) is 17.5. The van der Waals surface area contributed by atoms with Gasteiger partial charge in [-0.3, -0.25) is 4.79 Å². The molecule has 0 radical (unpaired) electrons. The molecule has 2 aromatic carbocycles. The quantitative estimate of drug-likeness (QED) is 0.624. The monoisotopic (exact) mass is 407 g/mol. The lowest BCUT2D eigenvalue weighted by Crippen LogP contribution is -2.20. The molecule has 0 saturated heterocycles. The minimum atomic E-state index is -4.05. The number of benzene rings is 2. The summed E-state index contributed by atoms with van der Waals surface area (Å²) in [5.41, 5.74) is 1.15. The van der Waals surface area contributed by atoms with E-state index in [0.717, 1.165) is 5.56 Å². The largest absolute Gasteiger partial charge is 0.377 e. The molecule has 3 rings (SSSR count). The van der Waals surface area contributed by atoms with Crippen LogP contribution in [0.4, 0.5) is 0 Å². The van der Waals surface area contributed by atoms with Gasteiger partial charge in [0, 0.05) is 12.4 Å². The minimum Gasteiger partial charge on any atom is -0.377 e. The molecule has 1 aromatic heterocycles. The summed E-state index contributed by atoms with van der Waals surface area (Å²) in [5.74, 6) is -0.00530. The van der Waals surface area contributed by atoms with Gasteiger partial charge in [-0.25, -0.2) is 0 Å². The number of rotatable bonds is 3. The van der Waals surface area contributed by atoms with E-state index in [2.05, 4.69) is 15.9 Å². The highest BCUT2D eigenvalue weighted by Gasteiger charge is 2.22. The Kier molecular flexibility index (Phi) is 4.23. The van der Waals surface area contributed by atoms with Crippen molar-refractivity contribution < 1.29 is 12.6 Å². The van der Waals surface area contributed by atoms with E-state index >= 15 is 0 Å². The van der Waals surface area contributed by atoms with Crippen LogP contribution in [0, 0.1) is 6.92 Å². The van der Waals surface area contributed by atoms with Crippen LogP contribution in [-0.2, 0) is 17.2 Å². The van der Waals surface area contributed by atoms with Crippen LogP contribution in [0.3, 0.4) is 0 Å². The molecular formula is C17H14BrNO4S. The summed E-state index contributed by atoms with van der Waals surface area (Å²) < 4.78 is 31.9. The second-order valence-electron chi connectivity index (χ2n) is 5.37. The van der Waals surface area contributed by atoms with Gasteiger partial charge in [-0.05, 0) is 47.1 Å². The van der Waals surface area contributed by atoms with Crippen LogP contribution >= 0.6 is 15.9 Å². The topological polar surface area (TPSA) is 65.4 Å². The van der Waals surface area contributed by atoms with E-state index in [0.29, 0.717) is 10.9 Å². The molecule has 0 aliphatic carbocycles. The van der Waals surface area contributed by atoms with Gasteiger partial charge in [-0.1, -0.05) is 29.8 Å². The first kappa shape index (κ1) is 16.7. The Morgan fingerprint density at radius 1 is 1.04 bits per heavy atom. The van der Waals surface area contributed by atoms with E-state index in [-0.39, 0.29) is 20.7 Å². The van der Waals surface area contributed by atoms with Crippen LogP contribution in [0.25, 0.3) is 10.9 Å². The Bertz CT molecular complexity index is 1090. The molecule has 0 spiro atoms. The Hall–Kier alpha value is -2.12. The highest BCUT2D eigenvalue weighted by atomic mass is 79.9. The van der Waals surface area contributed by atoms with E-state index in [1.54, 1.807) is 43.4 Å². The van der Waals surface area contributed by atoms with Crippen molar-refractivity contribution in [2.45, 2.75) is 11.8 Å². The molecule has 0 atom stereocenters. The molecule has 0 N–H and O–H groups in total. The first-order chi connectivity index (χ1) is 11.3. The second-order valence-corrected chi connectivity index (χ2v) is 7.71. The third-order valence-electron chi connectivity index (χ3n) is 3.70. The fourth-order valence-electron chi connectivity index (χ4n) is 2.37. The van der Waals surface area contributed by atoms with Gasteiger partial charge in [0.05, 0.1) is 5.52 Å². The van der Waals surface area contributed by atoms with E-state index in [4.69, 9.17) is 4.18 Å². The van der Waals surface area contributed by atoms with Crippen molar-refractivity contribution in [2.75, 3.05) is 0 Å². The van der Waals surface area contributed by atoms with Crippen molar-refractivity contribution >= 4 is 37.0 Å². The molecule has 0 fully saturated rings. The van der Waals surface area contributed by atoms with Crippen LogP contribution in [0.15, 0.2) is 62.7 Å². The van der Waals surface area contributed by atoms with Gasteiger partial charge >= 0.3 is 10.1 Å². The van der Waals surface area contributed by atoms with Crippen molar-refractivity contribution in [1.82, 2.24) is 4.57 Å². The summed E-state index contributed by atoms with van der Waals surface area (Å²) in [5, 5.41) is 0.530. The van der Waals surface area contributed by atoms with Gasteiger partial charge in [-0.2, -0.15) is 8.42 Å². The van der Waals surface area contributed by atoms with Gasteiger partial charge < -0.3 is 8.75 Å². The first-order valence-corrected chi connectivity index (χ1v) is 9.30. The number of pyridine rings is 1. The minimum absolute atomic E-state index is 0.00530. The fourth-order valence-corrected chi connectivity index (χ4v) is 4.00. The molecule has 1 heterocycles. The number of aromatic nitrogens is 1. The summed E-state index contributed by atoms with van der Waals surface area (Å²) in [6.07, 6.45) is 0. The predicted molar refractivity (Wildman–Crippen MR) is 95.9 cm³/mol. The average Bonchev–Trinajstić information content (AvgIpc) is 2.57. The number of hydrogen-bond donors (Lipinski definition) is 0. The fraction of sp³-hybridized carbons (Fsp3) is 0.118. The number of aryl methyl sites for hydroxylation is 2. The lowest BCUT2D eigenvalue weighted by Gasteiger charge is -2.13. The second kappa shape index (κ2) is 6.07. The highest BCUT2D eigenvalue weighted by Crippen LogP contribution is 2.33. The molecule has 7 heteroatoms. The zero-order valence-corrected chi connectivity index (χ0v) is 15.4. The normalized spacial score (nSPS) is 11.6. The van der Waals surface area contributed by atoms with E-state index in [1.165, 1.54) is 16.7 Å². The smallest absolute Gasteiger partial charge is 0.339 e. The Morgan fingerprint density at radius 2 is 1.67 bits per heavy atom. The molecular weight excluding hydrogens is 394 g/mol. The summed E-state index contributed by atoms with van der Waals surface area (Å²) in [6.45, 7) is 1.86. The summed E-state index contributed by atoms with van der Waals surface area (Å²) in [6, 6.07) is 13.3. The standard InChI is InChI=1S/C17H14BrNO4S/c1-11-7-9-12(10-8-11)24(21,22)23-16-13-5-3-4-6-14(13)19(2)17(20)15(16)18/h3-10H,1-2H3. The van der Waals surface area contributed by atoms with Gasteiger partial charge in [-0.15, -0.1) is 0 Å². The lowest BCUT2D eigenvalue weighted by atomic mass is 10.2. The number of halogens is 1. The third-order valence-corrected chi connectivity index (χ3v) is 5.64. The predicted octanol–water partition coefficient (Wildman–Crippen LogP) is 3.38. The van der Waals surface area contributed by atoms with Crippen LogP contribution in [0.2, 0.25) is 0 Å². The van der Waals surface area contributed by atoms with Crippen molar-refractivity contribution in [3.05, 3.63) is 68.9 Å². The Morgan fingerprint density at radius 3 is 2.33 bits per heavy atom.